The van der Waals surface area contributed by atoms with Crippen LogP contribution in [0.4, 0.5) is 5.69 Å². The van der Waals surface area contributed by atoms with Crippen molar-refractivity contribution in [3.05, 3.63) is 28.7 Å². The second kappa shape index (κ2) is 6.80. The summed E-state index contributed by atoms with van der Waals surface area (Å²) in [7, 11) is 0. The van der Waals surface area contributed by atoms with Crippen molar-refractivity contribution in [1.82, 2.24) is 10.6 Å². The summed E-state index contributed by atoms with van der Waals surface area (Å²) >= 11 is 3.33. The summed E-state index contributed by atoms with van der Waals surface area (Å²) in [6, 6.07) is 5.97. The fourth-order valence-corrected chi connectivity index (χ4v) is 3.23. The minimum Gasteiger partial charge on any atom is -0.355 e. The Labute approximate surface area is 142 Å². The van der Waals surface area contributed by atoms with E-state index in [1.807, 2.05) is 0 Å². The summed E-state index contributed by atoms with van der Waals surface area (Å²) in [5.41, 5.74) is 0.554. The average molecular weight is 380 g/mol. The summed E-state index contributed by atoms with van der Waals surface area (Å²) in [5, 5.41) is 5.89. The number of nitrogens with zero attached hydrogens (tertiary/aromatic N) is 1. The second-order valence-corrected chi connectivity index (χ2v) is 6.72. The first-order valence-corrected chi connectivity index (χ1v) is 8.51. The summed E-state index contributed by atoms with van der Waals surface area (Å²) in [6.07, 6.45) is 2.62. The number of nitrogens with one attached hydrogen (secondary N) is 2. The first kappa shape index (κ1) is 16.1. The van der Waals surface area contributed by atoms with Crippen molar-refractivity contribution >= 4 is 39.3 Å². The van der Waals surface area contributed by atoms with E-state index in [9.17, 15) is 14.4 Å². The van der Waals surface area contributed by atoms with Gasteiger partial charge in [0.2, 0.25) is 11.8 Å². The van der Waals surface area contributed by atoms with E-state index in [0.29, 0.717) is 18.7 Å². The molecule has 23 heavy (non-hydrogen) atoms. The highest BCUT2D eigenvalue weighted by atomic mass is 79.9. The minimum atomic E-state index is -0.639. The van der Waals surface area contributed by atoms with Crippen molar-refractivity contribution in [3.63, 3.8) is 0 Å². The van der Waals surface area contributed by atoms with Gasteiger partial charge in [-0.05, 0) is 43.5 Å². The van der Waals surface area contributed by atoms with Crippen molar-refractivity contribution in [3.8, 4) is 0 Å². The Morgan fingerprint density at radius 1 is 1.09 bits per heavy atom. The molecular formula is C16H18BrN3O3. The number of carbonyl (C=O) groups excluding carboxylic acids is 3. The molecule has 3 rings (SSSR count). The Morgan fingerprint density at radius 3 is 2.57 bits per heavy atom. The van der Waals surface area contributed by atoms with Gasteiger partial charge in [-0.2, -0.15) is 0 Å². The normalized spacial score (nSPS) is 25.4. The maximum Gasteiger partial charge on any atom is 0.251 e. The molecule has 2 atom stereocenters. The van der Waals surface area contributed by atoms with Crippen molar-refractivity contribution in [2.45, 2.75) is 37.8 Å². The number of hydrogen-bond acceptors (Lipinski definition) is 4. The van der Waals surface area contributed by atoms with Gasteiger partial charge in [0, 0.05) is 11.0 Å². The molecule has 0 aromatic heterocycles. The summed E-state index contributed by atoms with van der Waals surface area (Å²) < 4.78 is 0.880. The zero-order valence-electron chi connectivity index (χ0n) is 12.5. The number of halogens is 1. The van der Waals surface area contributed by atoms with E-state index in [-0.39, 0.29) is 24.1 Å². The van der Waals surface area contributed by atoms with E-state index in [4.69, 9.17) is 0 Å². The van der Waals surface area contributed by atoms with Crippen LogP contribution in [0.3, 0.4) is 0 Å². The lowest BCUT2D eigenvalue weighted by atomic mass is 10.1. The van der Waals surface area contributed by atoms with Crippen LogP contribution in [-0.4, -0.2) is 36.3 Å². The van der Waals surface area contributed by atoms with Crippen LogP contribution in [0.2, 0.25) is 0 Å². The lowest BCUT2D eigenvalue weighted by Crippen LogP contribution is -2.50. The first-order chi connectivity index (χ1) is 11.1. The predicted molar refractivity (Wildman–Crippen MR) is 88.8 cm³/mol. The third kappa shape index (κ3) is 3.45. The number of rotatable bonds is 3. The SMILES string of the molecule is O=C1NCCCCC1NC1CC(=O)N(c2ccc(Br)cc2)C1=O. The van der Waals surface area contributed by atoms with Crippen molar-refractivity contribution < 1.29 is 14.4 Å². The minimum absolute atomic E-state index is 0.0820. The van der Waals surface area contributed by atoms with Crippen LogP contribution in [0.25, 0.3) is 0 Å². The van der Waals surface area contributed by atoms with Crippen LogP contribution in [0.1, 0.15) is 25.7 Å². The Balaban J connectivity index is 1.73. The van der Waals surface area contributed by atoms with Gasteiger partial charge < -0.3 is 5.32 Å². The van der Waals surface area contributed by atoms with Gasteiger partial charge in [-0.25, -0.2) is 4.90 Å². The van der Waals surface area contributed by atoms with Gasteiger partial charge in [-0.1, -0.05) is 15.9 Å². The molecule has 0 saturated carbocycles. The lowest BCUT2D eigenvalue weighted by molar-refractivity contribution is -0.123. The van der Waals surface area contributed by atoms with Gasteiger partial charge >= 0.3 is 0 Å². The van der Waals surface area contributed by atoms with Crippen LogP contribution in [0.15, 0.2) is 28.7 Å². The molecule has 2 aliphatic rings. The molecule has 0 bridgehead atoms. The van der Waals surface area contributed by atoms with Crippen LogP contribution in [-0.2, 0) is 14.4 Å². The highest BCUT2D eigenvalue weighted by molar-refractivity contribution is 9.10. The summed E-state index contributed by atoms with van der Waals surface area (Å²) in [5.74, 6) is -0.636. The molecule has 0 spiro atoms. The monoisotopic (exact) mass is 379 g/mol. The van der Waals surface area contributed by atoms with Gasteiger partial charge in [-0.3, -0.25) is 19.7 Å². The van der Waals surface area contributed by atoms with E-state index in [0.717, 1.165) is 17.3 Å². The second-order valence-electron chi connectivity index (χ2n) is 5.81. The highest BCUT2D eigenvalue weighted by Gasteiger charge is 2.41. The topological polar surface area (TPSA) is 78.5 Å². The molecule has 2 saturated heterocycles. The molecule has 6 nitrogen and oxygen atoms in total. The highest BCUT2D eigenvalue weighted by Crippen LogP contribution is 2.25. The lowest BCUT2D eigenvalue weighted by Gasteiger charge is -2.20. The average Bonchev–Trinajstić information content (AvgIpc) is 2.68. The van der Waals surface area contributed by atoms with Crippen LogP contribution >= 0.6 is 15.9 Å². The summed E-state index contributed by atoms with van der Waals surface area (Å²) in [6.45, 7) is 0.666. The molecule has 2 N–H and O–H groups in total. The first-order valence-electron chi connectivity index (χ1n) is 7.72. The van der Waals surface area contributed by atoms with Crippen molar-refractivity contribution in [2.24, 2.45) is 0 Å². The van der Waals surface area contributed by atoms with Crippen molar-refractivity contribution in [1.29, 1.82) is 0 Å². The van der Waals surface area contributed by atoms with E-state index in [2.05, 4.69) is 26.6 Å². The zero-order valence-corrected chi connectivity index (χ0v) is 14.1. The Bertz CT molecular complexity index is 632. The Morgan fingerprint density at radius 2 is 1.83 bits per heavy atom. The molecule has 2 heterocycles. The van der Waals surface area contributed by atoms with E-state index in [1.165, 1.54) is 4.90 Å². The standard InChI is InChI=1S/C16H18BrN3O3/c17-10-4-6-11(7-5-10)20-14(21)9-13(16(20)23)19-12-3-1-2-8-18-15(12)22/h4-7,12-13,19H,1-3,8-9H2,(H,18,22). The van der Waals surface area contributed by atoms with E-state index in [1.54, 1.807) is 24.3 Å². The molecular weight excluding hydrogens is 362 g/mol. The van der Waals surface area contributed by atoms with Gasteiger partial charge in [0.15, 0.2) is 0 Å². The molecule has 7 heteroatoms. The molecule has 2 aliphatic heterocycles. The quantitative estimate of drug-likeness (QED) is 0.776. The van der Waals surface area contributed by atoms with Gasteiger partial charge in [0.1, 0.15) is 0 Å². The van der Waals surface area contributed by atoms with E-state index < -0.39 is 12.1 Å². The predicted octanol–water partition coefficient (Wildman–Crippen LogP) is 1.34. The van der Waals surface area contributed by atoms with Gasteiger partial charge in [0.05, 0.1) is 24.2 Å². The van der Waals surface area contributed by atoms with Crippen LogP contribution in [0.5, 0.6) is 0 Å². The number of anilines is 1. The number of hydrogen-bond donors (Lipinski definition) is 2. The maximum absolute atomic E-state index is 12.6. The molecule has 0 radical (unpaired) electrons. The van der Waals surface area contributed by atoms with Crippen LogP contribution in [0, 0.1) is 0 Å². The molecule has 2 fully saturated rings. The Hall–Kier alpha value is -1.73. The smallest absolute Gasteiger partial charge is 0.251 e. The van der Waals surface area contributed by atoms with Gasteiger partial charge in [0.25, 0.3) is 5.91 Å². The number of benzene rings is 1. The maximum atomic E-state index is 12.6. The molecule has 2 unspecified atom stereocenters. The third-order valence-corrected chi connectivity index (χ3v) is 4.70. The number of imide groups is 1. The largest absolute Gasteiger partial charge is 0.355 e. The summed E-state index contributed by atoms with van der Waals surface area (Å²) in [4.78, 5) is 38.0. The fraction of sp³-hybridized carbons (Fsp3) is 0.438. The third-order valence-electron chi connectivity index (χ3n) is 4.17. The molecule has 3 amide bonds. The molecule has 0 aliphatic carbocycles. The molecule has 1 aromatic rings. The molecule has 1 aromatic carbocycles. The zero-order chi connectivity index (χ0) is 16.4. The Kier molecular flexibility index (Phi) is 4.77. The van der Waals surface area contributed by atoms with Crippen molar-refractivity contribution in [2.75, 3.05) is 11.4 Å². The van der Waals surface area contributed by atoms with E-state index >= 15 is 0 Å². The fourth-order valence-electron chi connectivity index (χ4n) is 2.96. The van der Waals surface area contributed by atoms with Gasteiger partial charge in [-0.15, -0.1) is 0 Å². The van der Waals surface area contributed by atoms with Crippen LogP contribution < -0.4 is 15.5 Å². The molecule has 122 valence electrons. The number of amides is 3. The number of carbonyl (C=O) groups is 3.